The van der Waals surface area contributed by atoms with Crippen molar-refractivity contribution in [1.82, 2.24) is 4.57 Å². The number of halogens is 1. The summed E-state index contributed by atoms with van der Waals surface area (Å²) in [4.78, 5) is 31.8. The third-order valence-electron chi connectivity index (χ3n) is 5.60. The van der Waals surface area contributed by atoms with Gasteiger partial charge in [-0.2, -0.15) is 0 Å². The molecule has 0 radical (unpaired) electrons. The lowest BCUT2D eigenvalue weighted by atomic mass is 9.95. The first-order valence-corrected chi connectivity index (χ1v) is 12.7. The molecular formula is C26H25BrN2O5S. The number of fused-ring (bicyclic) bond motifs is 1. The molecule has 1 atom stereocenters. The van der Waals surface area contributed by atoms with Crippen molar-refractivity contribution in [2.75, 3.05) is 20.8 Å². The molecule has 3 aromatic rings. The number of aromatic nitrogens is 1. The Morgan fingerprint density at radius 3 is 2.57 bits per heavy atom. The molecule has 2 heterocycles. The van der Waals surface area contributed by atoms with Crippen LogP contribution in [0.25, 0.3) is 6.08 Å². The van der Waals surface area contributed by atoms with Crippen LogP contribution in [0.4, 0.5) is 0 Å². The van der Waals surface area contributed by atoms with Gasteiger partial charge < -0.3 is 14.2 Å². The molecule has 0 spiro atoms. The molecule has 0 saturated carbocycles. The highest BCUT2D eigenvalue weighted by atomic mass is 79.9. The van der Waals surface area contributed by atoms with E-state index in [9.17, 15) is 9.59 Å². The predicted molar refractivity (Wildman–Crippen MR) is 139 cm³/mol. The van der Waals surface area contributed by atoms with E-state index in [1.54, 1.807) is 17.8 Å². The number of ether oxygens (including phenoxy) is 3. The van der Waals surface area contributed by atoms with E-state index in [-0.39, 0.29) is 5.56 Å². The van der Waals surface area contributed by atoms with E-state index in [0.717, 1.165) is 15.6 Å². The molecule has 1 aliphatic rings. The SMILES string of the molecule is CCOc1c(Br)cc(/C=c2\sc3n(c2=O)[C@H](c2ccccc2)C(C(=O)OC)=C(CC)N=3)cc1OC. The number of methoxy groups -OCH3 is 2. The van der Waals surface area contributed by atoms with Gasteiger partial charge in [0.15, 0.2) is 16.3 Å². The lowest BCUT2D eigenvalue weighted by molar-refractivity contribution is -0.136. The zero-order valence-electron chi connectivity index (χ0n) is 19.8. The summed E-state index contributed by atoms with van der Waals surface area (Å²) in [6, 6.07) is 12.5. The maximum absolute atomic E-state index is 13.7. The number of nitrogens with zero attached hydrogens (tertiary/aromatic N) is 2. The molecule has 1 aromatic heterocycles. The number of hydrogen-bond donors (Lipinski definition) is 0. The third-order valence-corrected chi connectivity index (χ3v) is 7.18. The number of benzene rings is 2. The molecule has 0 bridgehead atoms. The monoisotopic (exact) mass is 556 g/mol. The van der Waals surface area contributed by atoms with Crippen LogP contribution in [0.1, 0.15) is 37.4 Å². The second-order valence-electron chi connectivity index (χ2n) is 7.67. The Balaban J connectivity index is 1.95. The van der Waals surface area contributed by atoms with Gasteiger partial charge in [0.2, 0.25) is 0 Å². The van der Waals surface area contributed by atoms with Crippen molar-refractivity contribution in [3.8, 4) is 11.5 Å². The average molecular weight is 557 g/mol. The Morgan fingerprint density at radius 2 is 1.94 bits per heavy atom. The van der Waals surface area contributed by atoms with Gasteiger partial charge in [-0.25, -0.2) is 9.79 Å². The van der Waals surface area contributed by atoms with Gasteiger partial charge in [-0.05, 0) is 58.6 Å². The summed E-state index contributed by atoms with van der Waals surface area (Å²) < 4.78 is 19.1. The molecule has 0 saturated heterocycles. The van der Waals surface area contributed by atoms with Crippen molar-refractivity contribution in [3.63, 3.8) is 0 Å². The fourth-order valence-corrected chi connectivity index (χ4v) is 5.67. The molecule has 4 rings (SSSR count). The Morgan fingerprint density at radius 1 is 1.20 bits per heavy atom. The zero-order valence-corrected chi connectivity index (χ0v) is 22.2. The number of carbonyl (C=O) groups excluding carboxylic acids is 1. The summed E-state index contributed by atoms with van der Waals surface area (Å²) in [5.41, 5.74) is 2.34. The summed E-state index contributed by atoms with van der Waals surface area (Å²) >= 11 is 4.82. The van der Waals surface area contributed by atoms with Crippen LogP contribution in [0.3, 0.4) is 0 Å². The summed E-state index contributed by atoms with van der Waals surface area (Å²) in [5.74, 6) is 0.672. The van der Waals surface area contributed by atoms with Gasteiger partial charge in [0.1, 0.15) is 0 Å². The first-order valence-electron chi connectivity index (χ1n) is 11.1. The van der Waals surface area contributed by atoms with Crippen LogP contribution >= 0.6 is 27.3 Å². The molecule has 1 aliphatic heterocycles. The van der Waals surface area contributed by atoms with Gasteiger partial charge >= 0.3 is 5.97 Å². The third kappa shape index (κ3) is 4.70. The molecule has 7 nitrogen and oxygen atoms in total. The standard InChI is InChI=1S/C26H25BrN2O5S/c1-5-18-21(25(31)33-4)22(16-10-8-7-9-11-16)29-24(30)20(35-26(29)28-18)14-15-12-17(27)23(34-6-2)19(13-15)32-3/h7-14,22H,5-6H2,1-4H3/b20-14-/t22-/m1/s1. The van der Waals surface area contributed by atoms with Crippen LogP contribution < -0.4 is 24.4 Å². The van der Waals surface area contributed by atoms with E-state index in [1.165, 1.54) is 18.4 Å². The average Bonchev–Trinajstić information content (AvgIpc) is 3.18. The number of hydrogen-bond acceptors (Lipinski definition) is 7. The normalized spacial score (nSPS) is 15.5. The highest BCUT2D eigenvalue weighted by Gasteiger charge is 2.33. The molecular weight excluding hydrogens is 532 g/mol. The van der Waals surface area contributed by atoms with Crippen LogP contribution in [0.5, 0.6) is 11.5 Å². The van der Waals surface area contributed by atoms with E-state index in [0.29, 0.717) is 45.1 Å². The van der Waals surface area contributed by atoms with Gasteiger partial charge in [0, 0.05) is 0 Å². The van der Waals surface area contributed by atoms with Crippen molar-refractivity contribution in [2.24, 2.45) is 4.99 Å². The first-order chi connectivity index (χ1) is 16.9. The lowest BCUT2D eigenvalue weighted by Gasteiger charge is -2.25. The highest BCUT2D eigenvalue weighted by molar-refractivity contribution is 9.10. The molecule has 182 valence electrons. The highest BCUT2D eigenvalue weighted by Crippen LogP contribution is 2.37. The minimum absolute atomic E-state index is 0.233. The van der Waals surface area contributed by atoms with Crippen LogP contribution in [0.15, 0.2) is 68.0 Å². The fraction of sp³-hybridized carbons (Fsp3) is 0.269. The quantitative estimate of drug-likeness (QED) is 0.411. The second-order valence-corrected chi connectivity index (χ2v) is 9.53. The smallest absolute Gasteiger partial charge is 0.338 e. The van der Waals surface area contributed by atoms with Crippen molar-refractivity contribution in [1.29, 1.82) is 0 Å². The van der Waals surface area contributed by atoms with Crippen molar-refractivity contribution in [2.45, 2.75) is 26.3 Å². The van der Waals surface area contributed by atoms with E-state index in [2.05, 4.69) is 20.9 Å². The molecule has 0 aliphatic carbocycles. The van der Waals surface area contributed by atoms with Crippen LogP contribution in [-0.2, 0) is 9.53 Å². The number of carbonyl (C=O) groups is 1. The number of thiazole rings is 1. The van der Waals surface area contributed by atoms with Crippen LogP contribution in [-0.4, -0.2) is 31.4 Å². The summed E-state index contributed by atoms with van der Waals surface area (Å²) in [6.45, 7) is 4.33. The van der Waals surface area contributed by atoms with Crippen molar-refractivity contribution >= 4 is 39.3 Å². The van der Waals surface area contributed by atoms with Gasteiger partial charge in [0.05, 0.1) is 47.1 Å². The largest absolute Gasteiger partial charge is 0.493 e. The van der Waals surface area contributed by atoms with E-state index in [4.69, 9.17) is 14.2 Å². The Kier molecular flexibility index (Phi) is 7.57. The molecule has 0 amide bonds. The van der Waals surface area contributed by atoms with E-state index >= 15 is 0 Å². The lowest BCUT2D eigenvalue weighted by Crippen LogP contribution is -2.40. The van der Waals surface area contributed by atoms with Crippen molar-refractivity contribution < 1.29 is 19.0 Å². The molecule has 35 heavy (non-hydrogen) atoms. The van der Waals surface area contributed by atoms with Crippen molar-refractivity contribution in [3.05, 3.63) is 89.0 Å². The van der Waals surface area contributed by atoms with Crippen LogP contribution in [0.2, 0.25) is 0 Å². The first kappa shape index (κ1) is 24.9. The predicted octanol–water partition coefficient (Wildman–Crippen LogP) is 3.97. The summed E-state index contributed by atoms with van der Waals surface area (Å²) in [7, 11) is 2.91. The zero-order chi connectivity index (χ0) is 25.1. The Labute approximate surface area is 215 Å². The molecule has 2 aromatic carbocycles. The molecule has 0 fully saturated rings. The molecule has 9 heteroatoms. The van der Waals surface area contributed by atoms with Gasteiger partial charge in [-0.3, -0.25) is 9.36 Å². The maximum atomic E-state index is 13.7. The topological polar surface area (TPSA) is 79.1 Å². The Hall–Kier alpha value is -3.17. The summed E-state index contributed by atoms with van der Waals surface area (Å²) in [6.07, 6.45) is 2.32. The van der Waals surface area contributed by atoms with Gasteiger partial charge in [0.25, 0.3) is 5.56 Å². The Bertz CT molecular complexity index is 1470. The number of esters is 1. The fourth-order valence-electron chi connectivity index (χ4n) is 4.07. The second kappa shape index (κ2) is 10.6. The minimum atomic E-state index is -0.626. The van der Waals surface area contributed by atoms with Gasteiger partial charge in [-0.15, -0.1) is 0 Å². The van der Waals surface area contributed by atoms with Gasteiger partial charge in [-0.1, -0.05) is 48.6 Å². The molecule has 0 unspecified atom stereocenters. The summed E-state index contributed by atoms with van der Waals surface area (Å²) in [5, 5.41) is 0. The van der Waals surface area contributed by atoms with E-state index in [1.807, 2.05) is 56.3 Å². The molecule has 0 N–H and O–H groups in total. The van der Waals surface area contributed by atoms with E-state index < -0.39 is 12.0 Å². The maximum Gasteiger partial charge on any atom is 0.338 e. The number of allylic oxidation sites excluding steroid dienone is 1. The number of rotatable bonds is 7. The minimum Gasteiger partial charge on any atom is -0.493 e. The van der Waals surface area contributed by atoms with Crippen LogP contribution in [0, 0.1) is 0 Å².